The third kappa shape index (κ3) is 4.33. The summed E-state index contributed by atoms with van der Waals surface area (Å²) < 4.78 is 4.16. The molecule has 176 valence electrons. The highest BCUT2D eigenvalue weighted by molar-refractivity contribution is 5.79. The highest BCUT2D eigenvalue weighted by Gasteiger charge is 2.52. The van der Waals surface area contributed by atoms with Crippen molar-refractivity contribution >= 4 is 17.0 Å². The average Bonchev–Trinajstić information content (AvgIpc) is 3.02. The molecule has 4 rings (SSSR count). The summed E-state index contributed by atoms with van der Waals surface area (Å²) in [7, 11) is 2.00. The van der Waals surface area contributed by atoms with E-state index in [0.29, 0.717) is 22.6 Å². The van der Waals surface area contributed by atoms with E-state index in [1.165, 1.54) is 56.0 Å². The van der Waals surface area contributed by atoms with Gasteiger partial charge in [-0.15, -0.1) is 0 Å². The summed E-state index contributed by atoms with van der Waals surface area (Å²) in [5.74, 6) is 2.00. The largest absolute Gasteiger partial charge is 1.00 e. The Labute approximate surface area is 199 Å². The average molecular weight is 458 g/mol. The number of nitrogens with two attached hydrogens (primary N) is 1. The minimum atomic E-state index is 0. The van der Waals surface area contributed by atoms with Gasteiger partial charge in [-0.1, -0.05) is 56.0 Å². The van der Waals surface area contributed by atoms with E-state index in [1.807, 2.05) is 11.6 Å². The molecule has 5 nitrogen and oxygen atoms in total. The lowest BCUT2D eigenvalue weighted by Gasteiger charge is -2.58. The summed E-state index contributed by atoms with van der Waals surface area (Å²) in [6.07, 6.45) is 14.9. The van der Waals surface area contributed by atoms with Gasteiger partial charge in [0.05, 0.1) is 13.6 Å². The number of anilines is 1. The van der Waals surface area contributed by atoms with Crippen LogP contribution in [0, 0.1) is 22.7 Å². The van der Waals surface area contributed by atoms with Crippen LogP contribution in [0.25, 0.3) is 11.2 Å². The Bertz CT molecular complexity index is 1020. The lowest BCUT2D eigenvalue weighted by atomic mass is 9.47. The molecule has 0 saturated heterocycles. The molecule has 3 unspecified atom stereocenters. The number of nitrogen functional groups attached to an aromatic ring is 1. The number of nitrogens with zero attached hydrogens (tertiary/aromatic N) is 4. The minimum absolute atomic E-state index is 0. The number of fused-ring (bicyclic) bond motifs is 2. The van der Waals surface area contributed by atoms with Gasteiger partial charge in [-0.05, 0) is 68.1 Å². The predicted molar refractivity (Wildman–Crippen MR) is 127 cm³/mol. The molecule has 0 aliphatic heterocycles. The normalized spacial score (nSPS) is 27.8. The zero-order chi connectivity index (χ0) is 22.4. The second kappa shape index (κ2) is 9.17. The van der Waals surface area contributed by atoms with Gasteiger partial charge in [0.1, 0.15) is 0 Å². The van der Waals surface area contributed by atoms with Crippen molar-refractivity contribution in [2.75, 3.05) is 5.73 Å². The molecule has 2 fully saturated rings. The monoisotopic (exact) mass is 457 g/mol. The first kappa shape index (κ1) is 24.8. The van der Waals surface area contributed by atoms with Gasteiger partial charge >= 0.3 is 5.65 Å². The lowest BCUT2D eigenvalue weighted by molar-refractivity contribution is -0.647. The zero-order valence-electron chi connectivity index (χ0n) is 20.5. The number of allylic oxidation sites excluding steroid dienone is 3. The van der Waals surface area contributed by atoms with Crippen LogP contribution in [0.3, 0.4) is 0 Å². The fourth-order valence-electron chi connectivity index (χ4n) is 6.91. The van der Waals surface area contributed by atoms with Gasteiger partial charge in [-0.25, -0.2) is 4.57 Å². The van der Waals surface area contributed by atoms with Crippen LogP contribution in [0.5, 0.6) is 0 Å². The molecule has 0 radical (unpaired) electrons. The Morgan fingerprint density at radius 2 is 2.06 bits per heavy atom. The summed E-state index contributed by atoms with van der Waals surface area (Å²) in [5.41, 5.74) is 11.7. The molecule has 2 N–H and O–H groups in total. The SMILES string of the molecule is C=C1CCC2C(C)(C)CCCC2(C)C1CC/C(C)=C/Cn1c[n+](C)c2ncnc(N)c21.[Cl-]. The van der Waals surface area contributed by atoms with E-state index in [1.54, 1.807) is 0 Å². The Balaban J connectivity index is 0.00000289. The minimum Gasteiger partial charge on any atom is -1.00 e. The van der Waals surface area contributed by atoms with Crippen LogP contribution in [0.1, 0.15) is 72.6 Å². The maximum absolute atomic E-state index is 6.13. The van der Waals surface area contributed by atoms with E-state index in [4.69, 9.17) is 5.73 Å². The number of hydrogen-bond donors (Lipinski definition) is 1. The van der Waals surface area contributed by atoms with Crippen molar-refractivity contribution in [2.45, 2.75) is 79.2 Å². The first-order valence-electron chi connectivity index (χ1n) is 11.9. The van der Waals surface area contributed by atoms with Crippen LogP contribution in [-0.4, -0.2) is 14.5 Å². The molecule has 3 atom stereocenters. The Hall–Kier alpha value is -1.88. The first-order chi connectivity index (χ1) is 14.6. The van der Waals surface area contributed by atoms with Crippen molar-refractivity contribution in [2.24, 2.45) is 29.7 Å². The molecule has 6 heteroatoms. The fourth-order valence-corrected chi connectivity index (χ4v) is 6.91. The van der Waals surface area contributed by atoms with Crippen LogP contribution in [-0.2, 0) is 13.6 Å². The lowest BCUT2D eigenvalue weighted by Crippen LogP contribution is -3.00. The van der Waals surface area contributed by atoms with Crippen LogP contribution >= 0.6 is 0 Å². The van der Waals surface area contributed by atoms with E-state index < -0.39 is 0 Å². The Morgan fingerprint density at radius 3 is 2.81 bits per heavy atom. The molecule has 32 heavy (non-hydrogen) atoms. The number of halogens is 1. The predicted octanol–water partition coefficient (Wildman–Crippen LogP) is 2.37. The molecule has 0 amide bonds. The van der Waals surface area contributed by atoms with Gasteiger partial charge in [0.25, 0.3) is 0 Å². The molecular formula is C26H40ClN5. The van der Waals surface area contributed by atoms with Gasteiger partial charge in [0.15, 0.2) is 18.5 Å². The van der Waals surface area contributed by atoms with Crippen LogP contribution < -0.4 is 22.7 Å². The van der Waals surface area contributed by atoms with E-state index in [-0.39, 0.29) is 12.4 Å². The molecule has 2 aromatic heterocycles. The number of imidazole rings is 1. The summed E-state index contributed by atoms with van der Waals surface area (Å²) in [6, 6.07) is 0. The third-order valence-corrected chi connectivity index (χ3v) is 8.55. The standard InChI is InChI=1S/C26H40N5.ClH/c1-18(12-15-31-17-30(6)24-22(31)23(27)28-16-29-24)8-10-20-19(2)9-11-21-25(3,4)13-7-14-26(20,21)5;/h12,16-17,20-21H,2,7-11,13-15H2,1,3-6H3,(H2,27,28,29);1H/q+1;/p-1/b18-12+;. The van der Waals surface area contributed by atoms with Crippen LogP contribution in [0.4, 0.5) is 5.82 Å². The van der Waals surface area contributed by atoms with E-state index in [9.17, 15) is 0 Å². The van der Waals surface area contributed by atoms with Crippen molar-refractivity contribution in [3.63, 3.8) is 0 Å². The summed E-state index contributed by atoms with van der Waals surface area (Å²) >= 11 is 0. The molecule has 2 saturated carbocycles. The molecule has 2 heterocycles. The highest BCUT2D eigenvalue weighted by atomic mass is 35.5. The van der Waals surface area contributed by atoms with Crippen molar-refractivity contribution in [1.29, 1.82) is 0 Å². The van der Waals surface area contributed by atoms with Crippen molar-refractivity contribution in [1.82, 2.24) is 14.5 Å². The van der Waals surface area contributed by atoms with Gasteiger partial charge in [0.2, 0.25) is 5.52 Å². The summed E-state index contributed by atoms with van der Waals surface area (Å²) in [4.78, 5) is 8.55. The van der Waals surface area contributed by atoms with Crippen molar-refractivity contribution in [3.05, 3.63) is 36.5 Å². The van der Waals surface area contributed by atoms with E-state index >= 15 is 0 Å². The molecule has 0 bridgehead atoms. The van der Waals surface area contributed by atoms with Crippen molar-refractivity contribution < 1.29 is 17.0 Å². The van der Waals surface area contributed by atoms with Crippen LogP contribution in [0.2, 0.25) is 0 Å². The topological polar surface area (TPSA) is 60.6 Å². The second-order valence-corrected chi connectivity index (χ2v) is 11.0. The maximum Gasteiger partial charge on any atom is 0.307 e. The smallest absolute Gasteiger partial charge is 0.307 e. The van der Waals surface area contributed by atoms with Gasteiger partial charge in [0, 0.05) is 0 Å². The highest BCUT2D eigenvalue weighted by Crippen LogP contribution is 2.61. The zero-order valence-corrected chi connectivity index (χ0v) is 21.3. The van der Waals surface area contributed by atoms with E-state index in [0.717, 1.165) is 30.0 Å². The van der Waals surface area contributed by atoms with E-state index in [2.05, 4.69) is 61.2 Å². The quantitative estimate of drug-likeness (QED) is 0.553. The molecule has 2 aliphatic carbocycles. The molecule has 2 aliphatic rings. The van der Waals surface area contributed by atoms with Gasteiger partial charge in [-0.2, -0.15) is 4.98 Å². The Kier molecular flexibility index (Phi) is 7.09. The summed E-state index contributed by atoms with van der Waals surface area (Å²) in [5, 5.41) is 0. The molecule has 0 spiro atoms. The van der Waals surface area contributed by atoms with Gasteiger partial charge in [-0.3, -0.25) is 4.57 Å². The molecular weight excluding hydrogens is 418 g/mol. The summed E-state index contributed by atoms with van der Waals surface area (Å²) in [6.45, 7) is 15.2. The number of aromatic nitrogens is 4. The number of hydrogen-bond acceptors (Lipinski definition) is 3. The number of rotatable bonds is 5. The third-order valence-electron chi connectivity index (χ3n) is 8.55. The first-order valence-corrected chi connectivity index (χ1v) is 11.9. The van der Waals surface area contributed by atoms with Crippen LogP contribution in [0.15, 0.2) is 36.5 Å². The fraction of sp³-hybridized carbons (Fsp3) is 0.654. The molecule has 0 aromatic carbocycles. The molecule has 2 aromatic rings. The second-order valence-electron chi connectivity index (χ2n) is 11.0. The van der Waals surface area contributed by atoms with Crippen molar-refractivity contribution in [3.8, 4) is 0 Å². The van der Waals surface area contributed by atoms with Gasteiger partial charge < -0.3 is 18.1 Å². The maximum atomic E-state index is 6.13. The Morgan fingerprint density at radius 1 is 1.31 bits per heavy atom. The number of aryl methyl sites for hydroxylation is 1.